The van der Waals surface area contributed by atoms with Crippen LogP contribution in [-0.2, 0) is 6.54 Å². The number of hydrogen-bond donors (Lipinski definition) is 1. The Morgan fingerprint density at radius 2 is 1.84 bits per heavy atom. The van der Waals surface area contributed by atoms with Gasteiger partial charge in [-0.05, 0) is 48.0 Å². The normalized spacial score (nSPS) is 11.5. The van der Waals surface area contributed by atoms with Gasteiger partial charge in [-0.25, -0.2) is 0 Å². The number of rotatable bonds is 6. The maximum absolute atomic E-state index is 12.7. The van der Waals surface area contributed by atoms with Crippen LogP contribution in [0.4, 0.5) is 8.78 Å². The van der Waals surface area contributed by atoms with Crippen molar-refractivity contribution in [2.75, 3.05) is 0 Å². The van der Waals surface area contributed by atoms with Gasteiger partial charge in [0.25, 0.3) is 0 Å². The molecule has 5 nitrogen and oxygen atoms in total. The molecule has 2 heterocycles. The van der Waals surface area contributed by atoms with Crippen molar-refractivity contribution in [2.24, 2.45) is 5.73 Å². The van der Waals surface area contributed by atoms with Gasteiger partial charge in [-0.3, -0.25) is 4.79 Å². The Bertz CT molecular complexity index is 1440. The molecule has 2 aromatic heterocycles. The Kier molecular flexibility index (Phi) is 4.86. The molecular formula is C25H18F2N2O3. The maximum Gasteiger partial charge on any atom is 0.387 e. The summed E-state index contributed by atoms with van der Waals surface area (Å²) in [5.41, 5.74) is 9.40. The van der Waals surface area contributed by atoms with Crippen molar-refractivity contribution < 1.29 is 22.7 Å². The molecule has 0 radical (unpaired) electrons. The SMILES string of the molecule is NC(=O)c1cccc2c1c1ccc(-c3ccco3)cc1n2Cc1cccc(OC(F)F)c1. The molecule has 32 heavy (non-hydrogen) atoms. The summed E-state index contributed by atoms with van der Waals surface area (Å²) in [6, 6.07) is 21.5. The lowest BCUT2D eigenvalue weighted by Gasteiger charge is -2.11. The Balaban J connectivity index is 1.73. The molecule has 160 valence electrons. The number of nitrogens with zero attached hydrogens (tertiary/aromatic N) is 1. The highest BCUT2D eigenvalue weighted by Crippen LogP contribution is 2.35. The summed E-state index contributed by atoms with van der Waals surface area (Å²) in [6.07, 6.45) is 1.61. The molecular weight excluding hydrogens is 414 g/mol. The summed E-state index contributed by atoms with van der Waals surface area (Å²) < 4.78 is 37.5. The Morgan fingerprint density at radius 1 is 1.00 bits per heavy atom. The van der Waals surface area contributed by atoms with Crippen molar-refractivity contribution in [1.29, 1.82) is 0 Å². The van der Waals surface area contributed by atoms with Gasteiger partial charge in [0.1, 0.15) is 11.5 Å². The Morgan fingerprint density at radius 3 is 2.59 bits per heavy atom. The molecule has 3 aromatic carbocycles. The molecule has 5 rings (SSSR count). The summed E-state index contributed by atoms with van der Waals surface area (Å²) >= 11 is 0. The van der Waals surface area contributed by atoms with Crippen molar-refractivity contribution in [2.45, 2.75) is 13.2 Å². The zero-order chi connectivity index (χ0) is 22.2. The third-order valence-corrected chi connectivity index (χ3v) is 5.43. The van der Waals surface area contributed by atoms with E-state index < -0.39 is 12.5 Å². The molecule has 0 aliphatic carbocycles. The standard InChI is InChI=1S/C25H18F2N2O3/c26-25(27)32-17-5-1-4-15(12-17)14-29-20-7-2-6-19(24(28)30)23(20)18-10-9-16(13-21(18)29)22-8-3-11-31-22/h1-13,25H,14H2,(H2,28,30). The number of carbonyl (C=O) groups is 1. The van der Waals surface area contributed by atoms with Gasteiger partial charge >= 0.3 is 6.61 Å². The number of carbonyl (C=O) groups excluding carboxylic acids is 1. The molecule has 0 atom stereocenters. The highest BCUT2D eigenvalue weighted by Gasteiger charge is 2.18. The van der Waals surface area contributed by atoms with Crippen LogP contribution in [0, 0.1) is 0 Å². The number of ether oxygens (including phenoxy) is 1. The zero-order valence-electron chi connectivity index (χ0n) is 16.8. The summed E-state index contributed by atoms with van der Waals surface area (Å²) in [4.78, 5) is 12.1. The van der Waals surface area contributed by atoms with Crippen molar-refractivity contribution in [3.63, 3.8) is 0 Å². The fourth-order valence-electron chi connectivity index (χ4n) is 4.12. The highest BCUT2D eigenvalue weighted by molar-refractivity contribution is 6.18. The van der Waals surface area contributed by atoms with Gasteiger partial charge in [-0.15, -0.1) is 0 Å². The first-order valence-corrected chi connectivity index (χ1v) is 9.93. The van der Waals surface area contributed by atoms with Gasteiger partial charge in [-0.1, -0.05) is 30.3 Å². The lowest BCUT2D eigenvalue weighted by molar-refractivity contribution is -0.0498. The Hall–Kier alpha value is -4.13. The maximum atomic E-state index is 12.7. The summed E-state index contributed by atoms with van der Waals surface area (Å²) in [5.74, 6) is 0.288. The lowest BCUT2D eigenvalue weighted by atomic mass is 10.0. The van der Waals surface area contributed by atoms with Gasteiger partial charge in [0.05, 0.1) is 17.3 Å². The summed E-state index contributed by atoms with van der Waals surface area (Å²) in [5, 5.41) is 1.62. The first kappa shape index (κ1) is 19.8. The third-order valence-electron chi connectivity index (χ3n) is 5.43. The topological polar surface area (TPSA) is 70.4 Å². The van der Waals surface area contributed by atoms with Crippen LogP contribution < -0.4 is 10.5 Å². The molecule has 1 amide bonds. The van der Waals surface area contributed by atoms with E-state index in [2.05, 4.69) is 4.74 Å². The van der Waals surface area contributed by atoms with Crippen LogP contribution in [0.1, 0.15) is 15.9 Å². The largest absolute Gasteiger partial charge is 0.464 e. The molecule has 5 aromatic rings. The quantitative estimate of drug-likeness (QED) is 0.368. The average molecular weight is 432 g/mol. The highest BCUT2D eigenvalue weighted by atomic mass is 19.3. The van der Waals surface area contributed by atoms with Crippen LogP contribution >= 0.6 is 0 Å². The first-order chi connectivity index (χ1) is 15.5. The molecule has 0 spiro atoms. The Labute approximate surface area is 181 Å². The molecule has 0 saturated carbocycles. The van der Waals surface area contributed by atoms with E-state index in [0.717, 1.165) is 32.9 Å². The molecule has 0 aliphatic heterocycles. The van der Waals surface area contributed by atoms with Crippen LogP contribution in [0.25, 0.3) is 33.1 Å². The van der Waals surface area contributed by atoms with Gasteiger partial charge in [0.15, 0.2) is 0 Å². The van der Waals surface area contributed by atoms with Crippen LogP contribution in [0.15, 0.2) is 83.5 Å². The number of hydrogen-bond acceptors (Lipinski definition) is 3. The minimum atomic E-state index is -2.90. The van der Waals surface area contributed by atoms with Gasteiger partial charge < -0.3 is 19.5 Å². The average Bonchev–Trinajstić information content (AvgIpc) is 3.41. The predicted octanol–water partition coefficient (Wildman–Crippen LogP) is 5.80. The molecule has 0 bridgehead atoms. The summed E-state index contributed by atoms with van der Waals surface area (Å²) in [7, 11) is 0. The zero-order valence-corrected chi connectivity index (χ0v) is 16.8. The van der Waals surface area contributed by atoms with E-state index in [1.54, 1.807) is 30.5 Å². The second kappa shape index (κ2) is 7.85. The van der Waals surface area contributed by atoms with Crippen LogP contribution in [-0.4, -0.2) is 17.1 Å². The fraction of sp³-hybridized carbons (Fsp3) is 0.0800. The van der Waals surface area contributed by atoms with E-state index >= 15 is 0 Å². The minimum Gasteiger partial charge on any atom is -0.464 e. The molecule has 7 heteroatoms. The number of alkyl halides is 2. The second-order valence-corrected chi connectivity index (χ2v) is 7.39. The van der Waals surface area contributed by atoms with Crippen molar-refractivity contribution in [3.8, 4) is 17.1 Å². The van der Waals surface area contributed by atoms with Crippen LogP contribution in [0.5, 0.6) is 5.75 Å². The van der Waals surface area contributed by atoms with E-state index in [1.165, 1.54) is 6.07 Å². The van der Waals surface area contributed by atoms with Crippen LogP contribution in [0.2, 0.25) is 0 Å². The number of halogens is 2. The number of nitrogens with two attached hydrogens (primary N) is 1. The molecule has 0 unspecified atom stereocenters. The number of benzene rings is 3. The predicted molar refractivity (Wildman–Crippen MR) is 118 cm³/mol. The number of amides is 1. The molecule has 0 saturated heterocycles. The smallest absolute Gasteiger partial charge is 0.387 e. The monoisotopic (exact) mass is 432 g/mol. The number of fused-ring (bicyclic) bond motifs is 3. The number of furan rings is 1. The van der Waals surface area contributed by atoms with Crippen LogP contribution in [0.3, 0.4) is 0 Å². The van der Waals surface area contributed by atoms with E-state index in [9.17, 15) is 13.6 Å². The second-order valence-electron chi connectivity index (χ2n) is 7.39. The van der Waals surface area contributed by atoms with E-state index in [0.29, 0.717) is 17.9 Å². The van der Waals surface area contributed by atoms with Gasteiger partial charge in [-0.2, -0.15) is 8.78 Å². The van der Waals surface area contributed by atoms with Crippen molar-refractivity contribution in [1.82, 2.24) is 4.57 Å². The number of aromatic nitrogens is 1. The third kappa shape index (κ3) is 3.47. The van der Waals surface area contributed by atoms with Crippen molar-refractivity contribution >= 4 is 27.7 Å². The minimum absolute atomic E-state index is 0.0902. The van der Waals surface area contributed by atoms with E-state index in [-0.39, 0.29) is 5.75 Å². The molecule has 0 fully saturated rings. The van der Waals surface area contributed by atoms with E-state index in [4.69, 9.17) is 10.2 Å². The summed E-state index contributed by atoms with van der Waals surface area (Å²) in [6.45, 7) is -2.52. The number of primary amides is 1. The van der Waals surface area contributed by atoms with Gasteiger partial charge in [0, 0.05) is 28.4 Å². The fourth-order valence-corrected chi connectivity index (χ4v) is 4.12. The lowest BCUT2D eigenvalue weighted by Crippen LogP contribution is -2.11. The molecule has 2 N–H and O–H groups in total. The van der Waals surface area contributed by atoms with Crippen molar-refractivity contribution in [3.05, 3.63) is 90.2 Å². The van der Waals surface area contributed by atoms with E-state index in [1.807, 2.05) is 47.0 Å². The van der Waals surface area contributed by atoms with Gasteiger partial charge in [0.2, 0.25) is 5.91 Å². The molecule has 0 aliphatic rings. The first-order valence-electron chi connectivity index (χ1n) is 9.93.